The van der Waals surface area contributed by atoms with E-state index in [0.717, 1.165) is 10.6 Å². The van der Waals surface area contributed by atoms with Gasteiger partial charge >= 0.3 is 5.97 Å². The summed E-state index contributed by atoms with van der Waals surface area (Å²) < 4.78 is 31.2. The largest absolute Gasteiger partial charge is 0.466 e. The number of hydrogen-bond donors (Lipinski definition) is 0. The topological polar surface area (TPSA) is 84.0 Å². The second-order valence-electron chi connectivity index (χ2n) is 6.81. The molecule has 1 amide bonds. The van der Waals surface area contributed by atoms with Crippen LogP contribution in [0.4, 0.5) is 5.69 Å². The van der Waals surface area contributed by atoms with E-state index in [9.17, 15) is 18.0 Å². The third-order valence-corrected chi connectivity index (χ3v) is 6.25. The highest BCUT2D eigenvalue weighted by Gasteiger charge is 2.36. The highest BCUT2D eigenvalue weighted by Crippen LogP contribution is 2.27. The van der Waals surface area contributed by atoms with Crippen molar-refractivity contribution < 1.29 is 22.7 Å². The summed E-state index contributed by atoms with van der Waals surface area (Å²) in [7, 11) is -3.69. The molecule has 0 saturated carbocycles. The Balaban J connectivity index is 2.19. The molecule has 2 rings (SSSR count). The number of piperidine rings is 1. The summed E-state index contributed by atoms with van der Waals surface area (Å²) in [5, 5.41) is 0.484. The summed E-state index contributed by atoms with van der Waals surface area (Å²) in [5.41, 5.74) is 0.397. The van der Waals surface area contributed by atoms with Crippen LogP contribution in [0, 0.1) is 5.92 Å². The smallest absolute Gasteiger partial charge is 0.309 e. The summed E-state index contributed by atoms with van der Waals surface area (Å²) >= 11 is 5.91. The number of rotatable bonds is 7. The van der Waals surface area contributed by atoms with Crippen LogP contribution in [0.2, 0.25) is 5.02 Å². The van der Waals surface area contributed by atoms with Crippen molar-refractivity contribution in [1.29, 1.82) is 0 Å². The Kier molecular flexibility index (Phi) is 7.71. The van der Waals surface area contributed by atoms with Crippen LogP contribution in [0.25, 0.3) is 0 Å². The monoisotopic (exact) mass is 430 g/mol. The first kappa shape index (κ1) is 22.5. The van der Waals surface area contributed by atoms with Crippen molar-refractivity contribution in [3.63, 3.8) is 0 Å². The van der Waals surface area contributed by atoms with Crippen LogP contribution in [-0.2, 0) is 24.3 Å². The lowest BCUT2D eigenvalue weighted by molar-refractivity contribution is -0.151. The molecule has 1 aliphatic rings. The van der Waals surface area contributed by atoms with Gasteiger partial charge in [-0.2, -0.15) is 0 Å². The molecule has 0 aromatic heterocycles. The Morgan fingerprint density at radius 2 is 1.79 bits per heavy atom. The number of benzene rings is 1. The molecular weight excluding hydrogens is 404 g/mol. The van der Waals surface area contributed by atoms with Crippen LogP contribution in [0.3, 0.4) is 0 Å². The quantitative estimate of drug-likeness (QED) is 0.621. The molecule has 9 heteroatoms. The molecule has 1 aliphatic heterocycles. The van der Waals surface area contributed by atoms with Crippen LogP contribution in [0.1, 0.15) is 33.1 Å². The third-order valence-electron chi connectivity index (χ3n) is 4.82. The van der Waals surface area contributed by atoms with Crippen LogP contribution in [0.5, 0.6) is 0 Å². The number of carbonyl (C=O) groups excluding carboxylic acids is 2. The molecule has 156 valence electrons. The van der Waals surface area contributed by atoms with Crippen LogP contribution >= 0.6 is 11.6 Å². The molecule has 1 atom stereocenters. The molecule has 1 heterocycles. The van der Waals surface area contributed by atoms with Gasteiger partial charge in [-0.25, -0.2) is 8.42 Å². The summed E-state index contributed by atoms with van der Waals surface area (Å²) in [6, 6.07) is 5.52. The van der Waals surface area contributed by atoms with Gasteiger partial charge in [-0.05, 0) is 50.5 Å². The average molecular weight is 431 g/mol. The molecule has 1 aromatic carbocycles. The highest BCUT2D eigenvalue weighted by atomic mass is 35.5. The predicted octanol–water partition coefficient (Wildman–Crippen LogP) is 2.69. The van der Waals surface area contributed by atoms with E-state index in [1.54, 1.807) is 43.0 Å². The van der Waals surface area contributed by atoms with Crippen molar-refractivity contribution in [2.75, 3.05) is 30.3 Å². The Morgan fingerprint density at radius 3 is 2.25 bits per heavy atom. The molecule has 1 aromatic rings. The lowest BCUT2D eigenvalue weighted by atomic mass is 9.96. The van der Waals surface area contributed by atoms with E-state index in [4.69, 9.17) is 16.3 Å². The van der Waals surface area contributed by atoms with Gasteiger partial charge in [-0.15, -0.1) is 0 Å². The highest BCUT2D eigenvalue weighted by molar-refractivity contribution is 7.92. The Labute approximate surface area is 171 Å². The van der Waals surface area contributed by atoms with Gasteiger partial charge in [0.1, 0.15) is 6.04 Å². The lowest BCUT2D eigenvalue weighted by Gasteiger charge is -2.37. The molecule has 1 fully saturated rings. The second kappa shape index (κ2) is 9.60. The standard InChI is InChI=1S/C19H27ClN2O5S/c1-4-17(22(28(3,25)26)16-8-6-15(20)7-9-16)18(23)21-12-10-14(11-13-21)19(24)27-5-2/h6-9,14,17H,4-5,10-13H2,1-3H3/t17-/m1/s1. The minimum absolute atomic E-state index is 0.216. The van der Waals surface area contributed by atoms with Gasteiger partial charge in [0.25, 0.3) is 0 Å². The van der Waals surface area contributed by atoms with E-state index < -0.39 is 16.1 Å². The Bertz CT molecular complexity index is 789. The summed E-state index contributed by atoms with van der Waals surface area (Å²) in [6.07, 6.45) is 2.44. The number of hydrogen-bond acceptors (Lipinski definition) is 5. The summed E-state index contributed by atoms with van der Waals surface area (Å²) in [6.45, 7) is 4.68. The first-order valence-corrected chi connectivity index (χ1v) is 11.6. The number of nitrogens with zero attached hydrogens (tertiary/aromatic N) is 2. The van der Waals surface area contributed by atoms with Gasteiger partial charge < -0.3 is 9.64 Å². The summed E-state index contributed by atoms with van der Waals surface area (Å²) in [5.74, 6) is -0.711. The molecule has 0 spiro atoms. The van der Waals surface area contributed by atoms with Gasteiger partial charge in [0.15, 0.2) is 0 Å². The van der Waals surface area contributed by atoms with Crippen LogP contribution < -0.4 is 4.31 Å². The van der Waals surface area contributed by atoms with Gasteiger partial charge in [0.2, 0.25) is 15.9 Å². The fraction of sp³-hybridized carbons (Fsp3) is 0.579. The van der Waals surface area contributed by atoms with E-state index in [0.29, 0.717) is 49.7 Å². The minimum atomic E-state index is -3.69. The second-order valence-corrected chi connectivity index (χ2v) is 9.11. The van der Waals surface area contributed by atoms with E-state index in [1.165, 1.54) is 0 Å². The Morgan fingerprint density at radius 1 is 1.21 bits per heavy atom. The number of sulfonamides is 1. The molecule has 0 radical (unpaired) electrons. The van der Waals surface area contributed by atoms with Crippen molar-refractivity contribution in [3.8, 4) is 0 Å². The first-order valence-electron chi connectivity index (χ1n) is 9.39. The number of anilines is 1. The van der Waals surface area contributed by atoms with Crippen molar-refractivity contribution in [2.24, 2.45) is 5.92 Å². The molecule has 0 N–H and O–H groups in total. The number of esters is 1. The molecule has 0 unspecified atom stereocenters. The van der Waals surface area contributed by atoms with E-state index in [1.807, 2.05) is 0 Å². The van der Waals surface area contributed by atoms with Crippen LogP contribution in [-0.4, -0.2) is 57.2 Å². The maximum Gasteiger partial charge on any atom is 0.309 e. The summed E-state index contributed by atoms with van der Waals surface area (Å²) in [4.78, 5) is 26.7. The zero-order chi connectivity index (χ0) is 20.9. The zero-order valence-corrected chi connectivity index (χ0v) is 18.0. The van der Waals surface area contributed by atoms with Crippen molar-refractivity contribution in [1.82, 2.24) is 4.90 Å². The molecule has 7 nitrogen and oxygen atoms in total. The minimum Gasteiger partial charge on any atom is -0.466 e. The van der Waals surface area contributed by atoms with E-state index in [-0.39, 0.29) is 17.8 Å². The third kappa shape index (κ3) is 5.38. The predicted molar refractivity (Wildman–Crippen MR) is 109 cm³/mol. The number of amides is 1. The average Bonchev–Trinajstić information content (AvgIpc) is 2.66. The fourth-order valence-electron chi connectivity index (χ4n) is 3.44. The number of ether oxygens (including phenoxy) is 1. The maximum atomic E-state index is 13.1. The van der Waals surface area contributed by atoms with Crippen molar-refractivity contribution in [2.45, 2.75) is 39.2 Å². The van der Waals surface area contributed by atoms with Crippen molar-refractivity contribution in [3.05, 3.63) is 29.3 Å². The van der Waals surface area contributed by atoms with Gasteiger partial charge in [0, 0.05) is 18.1 Å². The van der Waals surface area contributed by atoms with Gasteiger partial charge in [-0.3, -0.25) is 13.9 Å². The lowest BCUT2D eigenvalue weighted by Crippen LogP contribution is -2.52. The number of likely N-dealkylation sites (tertiary alicyclic amines) is 1. The van der Waals surface area contributed by atoms with Gasteiger partial charge in [0.05, 0.1) is 24.5 Å². The molecule has 0 bridgehead atoms. The van der Waals surface area contributed by atoms with Crippen molar-refractivity contribution >= 4 is 39.2 Å². The molecule has 0 aliphatic carbocycles. The number of carbonyl (C=O) groups is 2. The maximum absolute atomic E-state index is 13.1. The molecule has 28 heavy (non-hydrogen) atoms. The first-order chi connectivity index (χ1) is 13.2. The zero-order valence-electron chi connectivity index (χ0n) is 16.4. The van der Waals surface area contributed by atoms with E-state index in [2.05, 4.69) is 0 Å². The van der Waals surface area contributed by atoms with E-state index >= 15 is 0 Å². The Hall–Kier alpha value is -1.80. The van der Waals surface area contributed by atoms with Crippen LogP contribution in [0.15, 0.2) is 24.3 Å². The molecule has 1 saturated heterocycles. The van der Waals surface area contributed by atoms with Gasteiger partial charge in [-0.1, -0.05) is 18.5 Å². The number of halogens is 1. The normalized spacial score (nSPS) is 16.5. The SMILES string of the molecule is CCOC(=O)C1CCN(C(=O)[C@@H](CC)N(c2ccc(Cl)cc2)S(C)(=O)=O)CC1. The molecular formula is C19H27ClN2O5S. The fourth-order valence-corrected chi connectivity index (χ4v) is 4.77.